The second kappa shape index (κ2) is 8.04. The first-order valence-electron chi connectivity index (χ1n) is 3.49. The van der Waals surface area contributed by atoms with Crippen LogP contribution in [0.15, 0.2) is 18.2 Å². The molecule has 0 nitrogen and oxygen atoms in total. The summed E-state index contributed by atoms with van der Waals surface area (Å²) in [5.74, 6) is 0. The second-order valence-corrected chi connectivity index (χ2v) is 3.45. The van der Waals surface area contributed by atoms with E-state index in [0.29, 0.717) is 0 Å². The van der Waals surface area contributed by atoms with Gasteiger partial charge >= 0.3 is 116 Å². The Morgan fingerprint density at radius 2 is 1.75 bits per heavy atom. The molecule has 0 amide bonds. The normalized spacial score (nSPS) is 9.58. The van der Waals surface area contributed by atoms with E-state index in [0.717, 1.165) is 0 Å². The Hall–Kier alpha value is 2.83. The van der Waals surface area contributed by atoms with Gasteiger partial charge in [0.1, 0.15) is 0 Å². The second-order valence-electron chi connectivity index (χ2n) is 3.45. The van der Waals surface area contributed by atoms with Crippen LogP contribution in [0.2, 0.25) is 0 Å². The summed E-state index contributed by atoms with van der Waals surface area (Å²) >= 11 is 0. The van der Waals surface area contributed by atoms with Crippen molar-refractivity contribution in [2.24, 2.45) is 0 Å². The van der Waals surface area contributed by atoms with Gasteiger partial charge in [0.2, 0.25) is 0 Å². The van der Waals surface area contributed by atoms with Crippen molar-refractivity contribution < 1.29 is 116 Å². The Balaban J connectivity index is 0. The first-order valence-corrected chi connectivity index (χ1v) is 3.49. The van der Waals surface area contributed by atoms with Gasteiger partial charge < -0.3 is 18.2 Å². The van der Waals surface area contributed by atoms with E-state index in [9.17, 15) is 0 Å². The van der Waals surface area contributed by atoms with Gasteiger partial charge in [-0.3, -0.25) is 17.7 Å². The Bertz CT molecular complexity index is 199. The summed E-state index contributed by atoms with van der Waals surface area (Å²) in [5.41, 5.74) is 1.46. The maximum atomic E-state index is 3.15. The van der Waals surface area contributed by atoms with Gasteiger partial charge in [0.15, 0.2) is 0 Å². The summed E-state index contributed by atoms with van der Waals surface area (Å²) in [6.07, 6.45) is 0. The summed E-state index contributed by atoms with van der Waals surface area (Å²) in [7, 11) is 0. The molecule has 0 aliphatic carbocycles. The first-order chi connectivity index (χ1) is 4.61. The van der Waals surface area contributed by atoms with Gasteiger partial charge in [-0.15, -0.1) is 0 Å². The summed E-state index contributed by atoms with van der Waals surface area (Å²) in [6.45, 7) is 6.54. The quantitative estimate of drug-likeness (QED) is 0.438. The van der Waals surface area contributed by atoms with Crippen molar-refractivity contribution in [3.05, 3.63) is 35.9 Å². The first kappa shape index (κ1) is 17.2. The van der Waals surface area contributed by atoms with Gasteiger partial charge in [0.25, 0.3) is 0 Å². The molecule has 0 aliphatic heterocycles. The molecule has 0 radical (unpaired) electrons. The monoisotopic (exact) mass is 302 g/mol. The van der Waals surface area contributed by atoms with Crippen LogP contribution in [0.3, 0.4) is 0 Å². The average Bonchev–Trinajstić information content (AvgIpc) is 1.88. The Morgan fingerprint density at radius 1 is 1.17 bits per heavy atom. The van der Waals surface area contributed by atoms with Crippen molar-refractivity contribution in [1.29, 1.82) is 0 Å². The molecule has 0 unspecified atom stereocenters. The zero-order valence-electron chi connectivity index (χ0n) is 8.73. The molecule has 12 heavy (non-hydrogen) atoms. The molecule has 0 saturated heterocycles. The van der Waals surface area contributed by atoms with E-state index < -0.39 is 0 Å². The maximum Gasteiger partial charge on any atom is 1.00 e. The van der Waals surface area contributed by atoms with Crippen molar-refractivity contribution in [1.82, 2.24) is 0 Å². The van der Waals surface area contributed by atoms with Crippen LogP contribution < -0.4 is 116 Å². The number of hydrogen-bond donors (Lipinski definition) is 0. The van der Waals surface area contributed by atoms with Gasteiger partial charge in [-0.1, -0.05) is 26.2 Å². The minimum absolute atomic E-state index is 0. The topological polar surface area (TPSA) is 0 Å². The van der Waals surface area contributed by atoms with Crippen LogP contribution in [0.4, 0.5) is 0 Å². The molecule has 2 heteroatoms. The third kappa shape index (κ3) is 6.34. The molecule has 1 rings (SSSR count). The van der Waals surface area contributed by atoms with Gasteiger partial charge in [0, 0.05) is 0 Å². The van der Waals surface area contributed by atoms with Gasteiger partial charge in [-0.2, -0.15) is 0 Å². The van der Waals surface area contributed by atoms with Crippen LogP contribution in [0, 0.1) is 12.1 Å². The molecule has 0 aromatic heterocycles. The van der Waals surface area contributed by atoms with Gasteiger partial charge in [-0.25, -0.2) is 0 Å². The molecule has 0 spiro atoms. The van der Waals surface area contributed by atoms with E-state index in [1.165, 1.54) is 5.56 Å². The van der Waals surface area contributed by atoms with Crippen LogP contribution in [0.5, 0.6) is 0 Å². The van der Waals surface area contributed by atoms with Gasteiger partial charge in [0.05, 0.1) is 0 Å². The van der Waals surface area contributed by atoms with E-state index in [1.54, 1.807) is 0 Å². The molecule has 0 N–H and O–H groups in total. The average molecular weight is 303 g/mol. The van der Waals surface area contributed by atoms with E-state index in [2.05, 4.69) is 39.0 Å². The molecule has 0 atom stereocenters. The van der Waals surface area contributed by atoms with Crippen LogP contribution in [0.1, 0.15) is 26.3 Å². The molecule has 0 heterocycles. The fraction of sp³-hybridized carbons (Fsp3) is 0.400. The predicted molar refractivity (Wildman–Crippen MR) is 42.8 cm³/mol. The Labute approximate surface area is 173 Å². The van der Waals surface area contributed by atoms with Crippen molar-refractivity contribution in [2.45, 2.75) is 26.2 Å². The minimum Gasteiger partial charge on any atom is -0.359 e. The maximum absolute atomic E-state index is 3.15. The number of benzene rings is 1. The summed E-state index contributed by atoms with van der Waals surface area (Å²) in [4.78, 5) is 0. The third-order valence-electron chi connectivity index (χ3n) is 1.47. The zero-order chi connectivity index (χ0) is 7.61. The Kier molecular flexibility index (Phi) is 11.5. The standard InChI is InChI=1S/C10H12.2Rb/c1-10(2,3)9-7-5-4-6-8-9;;/h5-7H,1-3H3;;/q-2;2*+1. The van der Waals surface area contributed by atoms with E-state index in [-0.39, 0.29) is 122 Å². The largest absolute Gasteiger partial charge is 1.00 e. The van der Waals surface area contributed by atoms with E-state index in [4.69, 9.17) is 0 Å². The molecule has 0 aliphatic rings. The van der Waals surface area contributed by atoms with Crippen molar-refractivity contribution in [3.63, 3.8) is 0 Å². The van der Waals surface area contributed by atoms with E-state index >= 15 is 0 Å². The van der Waals surface area contributed by atoms with Crippen LogP contribution >= 0.6 is 0 Å². The Morgan fingerprint density at radius 3 is 2.00 bits per heavy atom. The molecular formula is C10H12Rb2. The molecule has 0 saturated carbocycles. The van der Waals surface area contributed by atoms with Crippen molar-refractivity contribution >= 4 is 0 Å². The van der Waals surface area contributed by atoms with Crippen LogP contribution in [-0.2, 0) is 5.41 Å². The number of rotatable bonds is 0. The summed E-state index contributed by atoms with van der Waals surface area (Å²) < 4.78 is 0. The summed E-state index contributed by atoms with van der Waals surface area (Å²) in [5, 5.41) is 0. The van der Waals surface area contributed by atoms with Crippen molar-refractivity contribution in [3.8, 4) is 0 Å². The van der Waals surface area contributed by atoms with Crippen LogP contribution in [0.25, 0.3) is 0 Å². The fourth-order valence-corrected chi connectivity index (χ4v) is 0.814. The summed E-state index contributed by atoms with van der Waals surface area (Å²) in [6, 6.07) is 11.9. The van der Waals surface area contributed by atoms with Crippen LogP contribution in [-0.4, -0.2) is 0 Å². The molecule has 1 aromatic carbocycles. The third-order valence-corrected chi connectivity index (χ3v) is 1.47. The number of hydrogen-bond acceptors (Lipinski definition) is 0. The predicted octanol–water partition coefficient (Wildman–Crippen LogP) is -3.41. The smallest absolute Gasteiger partial charge is 0.359 e. The molecule has 0 fully saturated rings. The zero-order valence-corrected chi connectivity index (χ0v) is 18.6. The fourth-order valence-electron chi connectivity index (χ4n) is 0.814. The molecule has 54 valence electrons. The minimum atomic E-state index is 0. The molecular weight excluding hydrogens is 291 g/mol. The molecule has 0 bridgehead atoms. The van der Waals surface area contributed by atoms with Gasteiger partial charge in [-0.05, 0) is 0 Å². The van der Waals surface area contributed by atoms with Crippen molar-refractivity contribution in [2.75, 3.05) is 0 Å². The SMILES string of the molecule is CC(C)(C)c1[c-]c[c-]cc1.[Rb+].[Rb+]. The molecule has 1 aromatic rings. The van der Waals surface area contributed by atoms with E-state index in [1.807, 2.05) is 12.1 Å².